The second-order valence-corrected chi connectivity index (χ2v) is 4.04. The molecular weight excluding hydrogens is 241 g/mol. The molecule has 1 aromatic carbocycles. The highest BCUT2D eigenvalue weighted by Gasteiger charge is 2.30. The Kier molecular flexibility index (Phi) is 4.02. The number of benzene rings is 1. The van der Waals surface area contributed by atoms with Gasteiger partial charge in [0.15, 0.2) is 0 Å². The van der Waals surface area contributed by atoms with E-state index in [0.717, 1.165) is 12.1 Å². The summed E-state index contributed by atoms with van der Waals surface area (Å²) in [6, 6.07) is 6.61. The number of nitriles is 1. The van der Waals surface area contributed by atoms with Crippen molar-refractivity contribution in [1.82, 2.24) is 4.90 Å². The lowest BCUT2D eigenvalue weighted by atomic mass is 10.0. The van der Waals surface area contributed by atoms with Crippen LogP contribution in [0.1, 0.15) is 18.1 Å². The molecule has 0 heterocycles. The summed E-state index contributed by atoms with van der Waals surface area (Å²) in [7, 11) is 3.55. The Hall–Kier alpha value is -1.96. The van der Waals surface area contributed by atoms with E-state index in [1.165, 1.54) is 12.1 Å². The molecule has 0 unspecified atom stereocenters. The van der Waals surface area contributed by atoms with E-state index in [0.29, 0.717) is 16.8 Å². The topological polar surface area (TPSA) is 27.0 Å². The summed E-state index contributed by atoms with van der Waals surface area (Å²) in [5.74, 6) is 0. The first-order valence-corrected chi connectivity index (χ1v) is 5.23. The zero-order valence-electron chi connectivity index (χ0n) is 10.3. The Balaban J connectivity index is 3.21. The number of rotatable bonds is 2. The minimum Gasteiger partial charge on any atom is -0.380 e. The second-order valence-electron chi connectivity index (χ2n) is 4.04. The molecule has 1 rings (SSSR count). The summed E-state index contributed by atoms with van der Waals surface area (Å²) < 4.78 is 37.2. The smallest absolute Gasteiger partial charge is 0.380 e. The summed E-state index contributed by atoms with van der Waals surface area (Å²) in [5.41, 5.74) is 0.841. The predicted molar refractivity (Wildman–Crippen MR) is 63.3 cm³/mol. The lowest BCUT2D eigenvalue weighted by molar-refractivity contribution is -0.137. The first-order valence-electron chi connectivity index (χ1n) is 5.23. The number of alkyl halides is 3. The van der Waals surface area contributed by atoms with Gasteiger partial charge in [-0.3, -0.25) is 0 Å². The molecule has 5 heteroatoms. The average molecular weight is 254 g/mol. The van der Waals surface area contributed by atoms with E-state index in [4.69, 9.17) is 5.26 Å². The molecule has 0 saturated carbocycles. The van der Waals surface area contributed by atoms with E-state index < -0.39 is 11.7 Å². The third-order valence-corrected chi connectivity index (χ3v) is 2.65. The van der Waals surface area contributed by atoms with Crippen LogP contribution in [-0.4, -0.2) is 19.0 Å². The van der Waals surface area contributed by atoms with Crippen molar-refractivity contribution < 1.29 is 13.2 Å². The first kappa shape index (κ1) is 14.1. The van der Waals surface area contributed by atoms with Gasteiger partial charge in [0.05, 0.1) is 11.1 Å². The average Bonchev–Trinajstić information content (AvgIpc) is 2.29. The maximum absolute atomic E-state index is 12.4. The molecule has 96 valence electrons. The normalized spacial score (nSPS) is 12.7. The SMILES string of the molecule is C/C(=C(/C#N)c1ccc(C(F)(F)F)cc1)N(C)C. The highest BCUT2D eigenvalue weighted by molar-refractivity contribution is 5.78. The van der Waals surface area contributed by atoms with Gasteiger partial charge in [-0.1, -0.05) is 12.1 Å². The van der Waals surface area contributed by atoms with Crippen molar-refractivity contribution in [2.24, 2.45) is 0 Å². The molecule has 0 radical (unpaired) electrons. The third-order valence-electron chi connectivity index (χ3n) is 2.65. The summed E-state index contributed by atoms with van der Waals surface area (Å²) in [4.78, 5) is 1.75. The highest BCUT2D eigenvalue weighted by Crippen LogP contribution is 2.30. The fraction of sp³-hybridized carbons (Fsp3) is 0.308. The third kappa shape index (κ3) is 3.04. The van der Waals surface area contributed by atoms with Gasteiger partial charge in [-0.15, -0.1) is 0 Å². The van der Waals surface area contributed by atoms with E-state index in [9.17, 15) is 13.2 Å². The minimum absolute atomic E-state index is 0.369. The number of allylic oxidation sites excluding steroid dienone is 2. The molecule has 0 saturated heterocycles. The predicted octanol–water partition coefficient (Wildman–Crippen LogP) is 3.52. The van der Waals surface area contributed by atoms with Crippen LogP contribution in [0.2, 0.25) is 0 Å². The van der Waals surface area contributed by atoms with Gasteiger partial charge in [-0.25, -0.2) is 0 Å². The Morgan fingerprint density at radius 1 is 1.17 bits per heavy atom. The van der Waals surface area contributed by atoms with Gasteiger partial charge in [0.2, 0.25) is 0 Å². The molecule has 0 aliphatic rings. The molecule has 2 nitrogen and oxygen atoms in total. The Bertz CT molecular complexity index is 490. The van der Waals surface area contributed by atoms with Crippen molar-refractivity contribution in [3.8, 4) is 6.07 Å². The van der Waals surface area contributed by atoms with Crippen LogP contribution in [-0.2, 0) is 6.18 Å². The molecule has 0 spiro atoms. The molecule has 0 bridgehead atoms. The zero-order valence-corrected chi connectivity index (χ0v) is 10.3. The van der Waals surface area contributed by atoms with Crippen LogP contribution in [0.15, 0.2) is 30.0 Å². The van der Waals surface area contributed by atoms with Gasteiger partial charge >= 0.3 is 6.18 Å². The van der Waals surface area contributed by atoms with Crippen LogP contribution in [0.25, 0.3) is 5.57 Å². The van der Waals surface area contributed by atoms with Crippen LogP contribution in [0.4, 0.5) is 13.2 Å². The van der Waals surface area contributed by atoms with E-state index in [-0.39, 0.29) is 0 Å². The number of halogens is 3. The number of nitrogens with zero attached hydrogens (tertiary/aromatic N) is 2. The van der Waals surface area contributed by atoms with Gasteiger partial charge in [-0.2, -0.15) is 18.4 Å². The van der Waals surface area contributed by atoms with E-state index >= 15 is 0 Å². The molecule has 0 aromatic heterocycles. The molecule has 0 aliphatic heterocycles. The van der Waals surface area contributed by atoms with Crippen molar-refractivity contribution in [1.29, 1.82) is 5.26 Å². The lowest BCUT2D eigenvalue weighted by Crippen LogP contribution is -2.10. The summed E-state index contributed by atoms with van der Waals surface area (Å²) in [5, 5.41) is 9.07. The first-order chi connectivity index (χ1) is 8.27. The quantitative estimate of drug-likeness (QED) is 0.755. The molecule has 0 aliphatic carbocycles. The fourth-order valence-corrected chi connectivity index (χ4v) is 1.40. The molecule has 0 amide bonds. The Morgan fingerprint density at radius 3 is 2.00 bits per heavy atom. The maximum Gasteiger partial charge on any atom is 0.416 e. The minimum atomic E-state index is -4.36. The van der Waals surface area contributed by atoms with Crippen molar-refractivity contribution in [3.05, 3.63) is 41.1 Å². The van der Waals surface area contributed by atoms with E-state index in [1.807, 2.05) is 6.07 Å². The van der Waals surface area contributed by atoms with Crippen LogP contribution >= 0.6 is 0 Å². The van der Waals surface area contributed by atoms with Crippen LogP contribution in [0.3, 0.4) is 0 Å². The summed E-state index contributed by atoms with van der Waals surface area (Å²) >= 11 is 0. The summed E-state index contributed by atoms with van der Waals surface area (Å²) in [6.45, 7) is 1.75. The maximum atomic E-state index is 12.4. The standard InChI is InChI=1S/C13H13F3N2/c1-9(18(2)3)12(8-17)10-4-6-11(7-5-10)13(14,15)16/h4-7H,1-3H3/b12-9+. The van der Waals surface area contributed by atoms with E-state index in [1.54, 1.807) is 25.9 Å². The second kappa shape index (κ2) is 5.13. The molecule has 0 fully saturated rings. The van der Waals surface area contributed by atoms with Crippen molar-refractivity contribution in [2.75, 3.05) is 14.1 Å². The van der Waals surface area contributed by atoms with Crippen molar-refractivity contribution >= 4 is 5.57 Å². The fourth-order valence-electron chi connectivity index (χ4n) is 1.40. The number of hydrogen-bond acceptors (Lipinski definition) is 2. The lowest BCUT2D eigenvalue weighted by Gasteiger charge is -2.15. The van der Waals surface area contributed by atoms with Crippen LogP contribution in [0.5, 0.6) is 0 Å². The largest absolute Gasteiger partial charge is 0.416 e. The van der Waals surface area contributed by atoms with Gasteiger partial charge < -0.3 is 4.90 Å². The molecule has 0 N–H and O–H groups in total. The van der Waals surface area contributed by atoms with Gasteiger partial charge in [0, 0.05) is 19.8 Å². The zero-order chi connectivity index (χ0) is 13.9. The van der Waals surface area contributed by atoms with E-state index in [2.05, 4.69) is 0 Å². The van der Waals surface area contributed by atoms with Crippen molar-refractivity contribution in [2.45, 2.75) is 13.1 Å². The Labute approximate surface area is 104 Å². The molecule has 1 aromatic rings. The van der Waals surface area contributed by atoms with Crippen LogP contribution in [0, 0.1) is 11.3 Å². The van der Waals surface area contributed by atoms with Gasteiger partial charge in [0.25, 0.3) is 0 Å². The van der Waals surface area contributed by atoms with Gasteiger partial charge in [0.1, 0.15) is 6.07 Å². The summed E-state index contributed by atoms with van der Waals surface area (Å²) in [6.07, 6.45) is -4.36. The van der Waals surface area contributed by atoms with Crippen LogP contribution < -0.4 is 0 Å². The number of hydrogen-bond donors (Lipinski definition) is 0. The monoisotopic (exact) mass is 254 g/mol. The molecule has 0 atom stereocenters. The van der Waals surface area contributed by atoms with Gasteiger partial charge in [-0.05, 0) is 24.6 Å². The Morgan fingerprint density at radius 2 is 1.67 bits per heavy atom. The van der Waals surface area contributed by atoms with Crippen molar-refractivity contribution in [3.63, 3.8) is 0 Å². The molecule has 18 heavy (non-hydrogen) atoms. The molecular formula is C13H13F3N2. The highest BCUT2D eigenvalue weighted by atomic mass is 19.4.